The molecule has 1 saturated heterocycles. The summed E-state index contributed by atoms with van der Waals surface area (Å²) in [6.45, 7) is 5.59. The topological polar surface area (TPSA) is 49.9 Å². The molecule has 1 aliphatic heterocycles. The highest BCUT2D eigenvalue weighted by Gasteiger charge is 2.30. The normalized spacial score (nSPS) is 15.9. The molecule has 0 amide bonds. The van der Waals surface area contributed by atoms with Crippen molar-refractivity contribution < 1.29 is 17.5 Å². The van der Waals surface area contributed by atoms with E-state index in [1.807, 2.05) is 6.92 Å². The number of ether oxygens (including phenoxy) is 1. The van der Waals surface area contributed by atoms with Crippen LogP contribution in [0.25, 0.3) is 0 Å². The maximum absolute atomic E-state index is 13.1. The summed E-state index contributed by atoms with van der Waals surface area (Å²) in [6.07, 6.45) is 0. The molecular formula is C19H23FN2O3S. The van der Waals surface area contributed by atoms with Crippen LogP contribution >= 0.6 is 0 Å². The number of halogens is 1. The molecule has 26 heavy (non-hydrogen) atoms. The van der Waals surface area contributed by atoms with Gasteiger partial charge in [0, 0.05) is 31.9 Å². The lowest BCUT2D eigenvalue weighted by Gasteiger charge is -2.35. The Balaban J connectivity index is 1.78. The highest BCUT2D eigenvalue weighted by molar-refractivity contribution is 7.89. The Hall–Kier alpha value is -2.12. The maximum atomic E-state index is 13.1. The van der Waals surface area contributed by atoms with Crippen LogP contribution in [0.1, 0.15) is 11.1 Å². The molecule has 0 radical (unpaired) electrons. The molecule has 0 aromatic heterocycles. The van der Waals surface area contributed by atoms with Crippen LogP contribution < -0.4 is 9.64 Å². The van der Waals surface area contributed by atoms with Gasteiger partial charge in [0.1, 0.15) is 11.6 Å². The molecule has 140 valence electrons. The van der Waals surface area contributed by atoms with Gasteiger partial charge in [0.2, 0.25) is 10.0 Å². The minimum absolute atomic E-state index is 0.277. The molecule has 0 atom stereocenters. The lowest BCUT2D eigenvalue weighted by atomic mass is 10.1. The van der Waals surface area contributed by atoms with Crippen LogP contribution in [0, 0.1) is 19.7 Å². The molecule has 5 nitrogen and oxygen atoms in total. The summed E-state index contributed by atoms with van der Waals surface area (Å²) in [5, 5.41) is 0. The quantitative estimate of drug-likeness (QED) is 0.821. The Labute approximate surface area is 154 Å². The van der Waals surface area contributed by atoms with E-state index in [1.54, 1.807) is 38.3 Å². The zero-order valence-corrected chi connectivity index (χ0v) is 16.0. The average molecular weight is 378 g/mol. The average Bonchev–Trinajstić information content (AvgIpc) is 2.64. The van der Waals surface area contributed by atoms with Crippen molar-refractivity contribution in [2.24, 2.45) is 0 Å². The Morgan fingerprint density at radius 3 is 2.12 bits per heavy atom. The maximum Gasteiger partial charge on any atom is 0.243 e. The van der Waals surface area contributed by atoms with Crippen molar-refractivity contribution in [3.05, 3.63) is 53.3 Å². The van der Waals surface area contributed by atoms with E-state index in [2.05, 4.69) is 4.90 Å². The zero-order valence-electron chi connectivity index (χ0n) is 15.2. The van der Waals surface area contributed by atoms with Gasteiger partial charge in [-0.3, -0.25) is 0 Å². The van der Waals surface area contributed by atoms with Gasteiger partial charge >= 0.3 is 0 Å². The molecule has 0 aliphatic carbocycles. The van der Waals surface area contributed by atoms with Gasteiger partial charge in [-0.2, -0.15) is 4.31 Å². The van der Waals surface area contributed by atoms with Crippen molar-refractivity contribution >= 4 is 15.7 Å². The van der Waals surface area contributed by atoms with Gasteiger partial charge in [0.15, 0.2) is 0 Å². The van der Waals surface area contributed by atoms with Gasteiger partial charge in [0.05, 0.1) is 12.0 Å². The van der Waals surface area contributed by atoms with Gasteiger partial charge in [-0.1, -0.05) is 0 Å². The molecule has 0 saturated carbocycles. The molecule has 2 aromatic carbocycles. The number of hydrogen-bond donors (Lipinski definition) is 0. The van der Waals surface area contributed by atoms with Crippen molar-refractivity contribution in [1.82, 2.24) is 4.31 Å². The van der Waals surface area contributed by atoms with Crippen LogP contribution in [0.4, 0.5) is 10.1 Å². The third kappa shape index (κ3) is 3.41. The predicted molar refractivity (Wildman–Crippen MR) is 99.8 cm³/mol. The van der Waals surface area contributed by atoms with E-state index >= 15 is 0 Å². The number of sulfonamides is 1. The fourth-order valence-corrected chi connectivity index (χ4v) is 4.95. The lowest BCUT2D eigenvalue weighted by Crippen LogP contribution is -2.48. The van der Waals surface area contributed by atoms with E-state index in [1.165, 1.54) is 16.4 Å². The van der Waals surface area contributed by atoms with Crippen molar-refractivity contribution in [3.8, 4) is 5.75 Å². The largest absolute Gasteiger partial charge is 0.496 e. The second-order valence-corrected chi connectivity index (χ2v) is 8.29. The summed E-state index contributed by atoms with van der Waals surface area (Å²) in [5.41, 5.74) is 2.45. The first kappa shape index (κ1) is 18.7. The van der Waals surface area contributed by atoms with E-state index in [-0.39, 0.29) is 5.82 Å². The monoisotopic (exact) mass is 378 g/mol. The smallest absolute Gasteiger partial charge is 0.243 e. The van der Waals surface area contributed by atoms with E-state index in [0.717, 1.165) is 11.3 Å². The Morgan fingerprint density at radius 2 is 1.54 bits per heavy atom. The molecule has 1 heterocycles. The number of hydrogen-bond acceptors (Lipinski definition) is 4. The lowest BCUT2D eigenvalue weighted by molar-refractivity contribution is 0.384. The summed E-state index contributed by atoms with van der Waals surface area (Å²) >= 11 is 0. The molecule has 1 aliphatic rings. The highest BCUT2D eigenvalue weighted by atomic mass is 32.2. The summed E-state index contributed by atoms with van der Waals surface area (Å²) in [6, 6.07) is 9.59. The number of anilines is 1. The van der Waals surface area contributed by atoms with Gasteiger partial charge in [0.25, 0.3) is 0 Å². The molecule has 0 bridgehead atoms. The summed E-state index contributed by atoms with van der Waals surface area (Å²) in [4.78, 5) is 2.39. The molecule has 3 rings (SSSR count). The summed E-state index contributed by atoms with van der Waals surface area (Å²) < 4.78 is 46.0. The number of piperazine rings is 1. The van der Waals surface area contributed by atoms with Crippen LogP contribution in [0.15, 0.2) is 41.3 Å². The highest BCUT2D eigenvalue weighted by Crippen LogP contribution is 2.29. The molecule has 0 unspecified atom stereocenters. The van der Waals surface area contributed by atoms with E-state index in [0.29, 0.717) is 42.4 Å². The Bertz CT molecular complexity index is 890. The van der Waals surface area contributed by atoms with Crippen molar-refractivity contribution in [2.45, 2.75) is 18.7 Å². The predicted octanol–water partition coefficient (Wildman–Crippen LogP) is 2.96. The van der Waals surface area contributed by atoms with E-state index in [4.69, 9.17) is 4.74 Å². The number of methoxy groups -OCH3 is 1. The first-order valence-corrected chi connectivity index (χ1v) is 9.93. The Kier molecular flexibility index (Phi) is 5.20. The zero-order chi connectivity index (χ0) is 18.9. The molecule has 0 spiro atoms. The summed E-state index contributed by atoms with van der Waals surface area (Å²) in [7, 11) is -1.99. The summed E-state index contributed by atoms with van der Waals surface area (Å²) in [5.74, 6) is 0.405. The second kappa shape index (κ2) is 7.25. The minimum atomic E-state index is -3.56. The molecule has 0 N–H and O–H groups in total. The van der Waals surface area contributed by atoms with Gasteiger partial charge < -0.3 is 9.64 Å². The second-order valence-electron chi connectivity index (χ2n) is 6.38. The van der Waals surface area contributed by atoms with Gasteiger partial charge in [-0.15, -0.1) is 0 Å². The van der Waals surface area contributed by atoms with E-state index in [9.17, 15) is 12.8 Å². The minimum Gasteiger partial charge on any atom is -0.496 e. The molecule has 7 heteroatoms. The fraction of sp³-hybridized carbons (Fsp3) is 0.368. The van der Waals surface area contributed by atoms with Crippen LogP contribution in [0.5, 0.6) is 5.75 Å². The SMILES string of the molecule is COc1ccc(S(=O)(=O)N2CCN(c3ccc(F)cc3)CC2)c(C)c1C. The first-order chi connectivity index (χ1) is 12.3. The van der Waals surface area contributed by atoms with E-state index < -0.39 is 10.0 Å². The number of rotatable bonds is 4. The van der Waals surface area contributed by atoms with Gasteiger partial charge in [-0.25, -0.2) is 12.8 Å². The van der Waals surface area contributed by atoms with Crippen LogP contribution in [0.2, 0.25) is 0 Å². The number of benzene rings is 2. The first-order valence-electron chi connectivity index (χ1n) is 8.49. The Morgan fingerprint density at radius 1 is 0.923 bits per heavy atom. The standard InChI is InChI=1S/C19H23FN2O3S/c1-14-15(2)19(9-8-18(14)25-3)26(23,24)22-12-10-21(11-13-22)17-6-4-16(20)5-7-17/h4-9H,10-13H2,1-3H3. The van der Waals surface area contributed by atoms with Crippen LogP contribution in [-0.2, 0) is 10.0 Å². The van der Waals surface area contributed by atoms with Crippen LogP contribution in [-0.4, -0.2) is 46.0 Å². The third-order valence-electron chi connectivity index (χ3n) is 4.96. The molecular weight excluding hydrogens is 355 g/mol. The van der Waals surface area contributed by atoms with Gasteiger partial charge in [-0.05, 0) is 61.4 Å². The van der Waals surface area contributed by atoms with Crippen molar-refractivity contribution in [3.63, 3.8) is 0 Å². The number of nitrogens with zero attached hydrogens (tertiary/aromatic N) is 2. The molecule has 2 aromatic rings. The molecule has 1 fully saturated rings. The van der Waals surface area contributed by atoms with Crippen LogP contribution in [0.3, 0.4) is 0 Å². The van der Waals surface area contributed by atoms with Crippen molar-refractivity contribution in [2.75, 3.05) is 38.2 Å². The third-order valence-corrected chi connectivity index (χ3v) is 7.00. The van der Waals surface area contributed by atoms with Crippen molar-refractivity contribution in [1.29, 1.82) is 0 Å². The fourth-order valence-electron chi connectivity index (χ4n) is 3.25.